The minimum absolute atomic E-state index is 0.443. The van der Waals surface area contributed by atoms with Crippen LogP contribution in [-0.4, -0.2) is 28.0 Å². The number of halogens is 2. The lowest BCUT2D eigenvalue weighted by Crippen LogP contribution is -2.27. The van der Waals surface area contributed by atoms with E-state index in [0.717, 1.165) is 54.3 Å². The number of pyridine rings is 1. The molecule has 1 aliphatic heterocycles. The van der Waals surface area contributed by atoms with Gasteiger partial charge in [0.2, 0.25) is 0 Å². The molecule has 0 atom stereocenters. The Hall–Kier alpha value is -1.88. The average Bonchev–Trinajstić information content (AvgIpc) is 3.11. The molecule has 128 valence electrons. The number of nitrogens with zero attached hydrogens (tertiary/aromatic N) is 2. The second-order valence-electron chi connectivity index (χ2n) is 6.23. The fraction of sp³-hybridized carbons (Fsp3) is 0.263. The van der Waals surface area contributed by atoms with Gasteiger partial charge in [-0.25, -0.2) is 4.98 Å². The second kappa shape index (κ2) is 7.16. The maximum atomic E-state index is 6.23. The third-order valence-corrected chi connectivity index (χ3v) is 5.35. The number of nitrogens with one attached hydrogen (secondary N) is 2. The van der Waals surface area contributed by atoms with Crippen LogP contribution < -0.4 is 5.32 Å². The number of aromatic amines is 1. The Kier molecular flexibility index (Phi) is 4.75. The summed E-state index contributed by atoms with van der Waals surface area (Å²) in [5.74, 6) is 1.48. The summed E-state index contributed by atoms with van der Waals surface area (Å²) in [5.41, 5.74) is 3.91. The highest BCUT2D eigenvalue weighted by Crippen LogP contribution is 2.36. The van der Waals surface area contributed by atoms with Crippen LogP contribution in [0.3, 0.4) is 0 Å². The Bertz CT molecular complexity index is 870. The van der Waals surface area contributed by atoms with Crippen molar-refractivity contribution in [2.45, 2.75) is 18.8 Å². The topological polar surface area (TPSA) is 53.6 Å². The highest BCUT2D eigenvalue weighted by Gasteiger charge is 2.22. The van der Waals surface area contributed by atoms with Crippen LogP contribution in [0.4, 0.5) is 0 Å². The molecule has 0 radical (unpaired) electrons. The number of benzene rings is 1. The van der Waals surface area contributed by atoms with E-state index in [1.807, 2.05) is 30.3 Å². The fourth-order valence-corrected chi connectivity index (χ4v) is 3.56. The number of rotatable bonds is 3. The molecular weight excluding hydrogens is 355 g/mol. The maximum Gasteiger partial charge on any atom is 0.110 e. The predicted molar refractivity (Wildman–Crippen MR) is 102 cm³/mol. The largest absolute Gasteiger partial charge is 0.341 e. The minimum Gasteiger partial charge on any atom is -0.341 e. The summed E-state index contributed by atoms with van der Waals surface area (Å²) < 4.78 is 0. The number of piperidine rings is 1. The Morgan fingerprint density at radius 3 is 2.40 bits per heavy atom. The molecule has 4 rings (SSSR count). The molecule has 4 nitrogen and oxygen atoms in total. The van der Waals surface area contributed by atoms with E-state index in [1.54, 1.807) is 12.4 Å². The van der Waals surface area contributed by atoms with Crippen molar-refractivity contribution in [3.63, 3.8) is 0 Å². The van der Waals surface area contributed by atoms with Crippen molar-refractivity contribution < 1.29 is 0 Å². The number of hydrogen-bond donors (Lipinski definition) is 2. The Labute approximate surface area is 156 Å². The van der Waals surface area contributed by atoms with E-state index in [0.29, 0.717) is 16.0 Å². The van der Waals surface area contributed by atoms with Crippen LogP contribution in [0, 0.1) is 0 Å². The van der Waals surface area contributed by atoms with Gasteiger partial charge in [-0.1, -0.05) is 29.3 Å². The molecule has 3 aromatic rings. The fourth-order valence-electron chi connectivity index (χ4n) is 3.26. The lowest BCUT2D eigenvalue weighted by atomic mass is 9.98. The van der Waals surface area contributed by atoms with Crippen LogP contribution in [0.25, 0.3) is 22.5 Å². The van der Waals surface area contributed by atoms with Gasteiger partial charge >= 0.3 is 0 Å². The van der Waals surface area contributed by atoms with Crippen LogP contribution >= 0.6 is 23.2 Å². The molecule has 1 saturated heterocycles. The van der Waals surface area contributed by atoms with Gasteiger partial charge in [0, 0.05) is 29.4 Å². The van der Waals surface area contributed by atoms with Gasteiger partial charge in [0.15, 0.2) is 0 Å². The molecule has 0 amide bonds. The van der Waals surface area contributed by atoms with Crippen molar-refractivity contribution in [3.8, 4) is 22.5 Å². The molecule has 2 aromatic heterocycles. The van der Waals surface area contributed by atoms with Crippen molar-refractivity contribution in [2.24, 2.45) is 0 Å². The first-order chi connectivity index (χ1) is 12.2. The van der Waals surface area contributed by atoms with Gasteiger partial charge < -0.3 is 10.3 Å². The SMILES string of the molecule is Clc1ccc(-c2[nH]c(C3CCNCC3)nc2-c2ccncc2)cc1Cl. The summed E-state index contributed by atoms with van der Waals surface area (Å²) in [5, 5.41) is 4.49. The molecule has 0 spiro atoms. The van der Waals surface area contributed by atoms with Crippen molar-refractivity contribution >= 4 is 23.2 Å². The van der Waals surface area contributed by atoms with Crippen molar-refractivity contribution in [2.75, 3.05) is 13.1 Å². The molecule has 0 bridgehead atoms. The first-order valence-electron chi connectivity index (χ1n) is 8.39. The van der Waals surface area contributed by atoms with E-state index in [2.05, 4.69) is 15.3 Å². The average molecular weight is 373 g/mol. The van der Waals surface area contributed by atoms with E-state index >= 15 is 0 Å². The molecule has 0 unspecified atom stereocenters. The molecule has 2 N–H and O–H groups in total. The maximum absolute atomic E-state index is 6.23. The van der Waals surface area contributed by atoms with E-state index in [9.17, 15) is 0 Å². The smallest absolute Gasteiger partial charge is 0.110 e. The monoisotopic (exact) mass is 372 g/mol. The zero-order chi connectivity index (χ0) is 17.2. The molecule has 0 aliphatic carbocycles. The summed E-state index contributed by atoms with van der Waals surface area (Å²) in [7, 11) is 0. The molecule has 3 heterocycles. The molecule has 1 aromatic carbocycles. The quantitative estimate of drug-likeness (QED) is 0.686. The number of H-pyrrole nitrogens is 1. The summed E-state index contributed by atoms with van der Waals surface area (Å²) in [6, 6.07) is 9.63. The van der Waals surface area contributed by atoms with Gasteiger partial charge in [0.05, 0.1) is 21.4 Å². The third-order valence-electron chi connectivity index (χ3n) is 4.61. The Balaban J connectivity index is 1.82. The zero-order valence-corrected chi connectivity index (χ0v) is 15.1. The summed E-state index contributed by atoms with van der Waals surface area (Å²) in [6.07, 6.45) is 5.74. The summed E-state index contributed by atoms with van der Waals surface area (Å²) >= 11 is 12.3. The molecule has 6 heteroatoms. The van der Waals surface area contributed by atoms with Crippen LogP contribution in [0.15, 0.2) is 42.7 Å². The van der Waals surface area contributed by atoms with E-state index in [-0.39, 0.29) is 0 Å². The van der Waals surface area contributed by atoms with Crippen LogP contribution in [0.1, 0.15) is 24.6 Å². The molecule has 0 saturated carbocycles. The lowest BCUT2D eigenvalue weighted by molar-refractivity contribution is 0.447. The lowest BCUT2D eigenvalue weighted by Gasteiger charge is -2.20. The van der Waals surface area contributed by atoms with Gasteiger partial charge in [-0.2, -0.15) is 0 Å². The van der Waals surface area contributed by atoms with Gasteiger partial charge in [0.25, 0.3) is 0 Å². The summed E-state index contributed by atoms with van der Waals surface area (Å²) in [4.78, 5) is 12.6. The van der Waals surface area contributed by atoms with Crippen molar-refractivity contribution in [3.05, 3.63) is 58.6 Å². The van der Waals surface area contributed by atoms with E-state index in [4.69, 9.17) is 28.2 Å². The molecule has 1 fully saturated rings. The van der Waals surface area contributed by atoms with Gasteiger partial charge in [-0.05, 0) is 50.2 Å². The second-order valence-corrected chi connectivity index (χ2v) is 7.05. The highest BCUT2D eigenvalue weighted by molar-refractivity contribution is 6.42. The summed E-state index contributed by atoms with van der Waals surface area (Å²) in [6.45, 7) is 2.05. The Morgan fingerprint density at radius 2 is 1.68 bits per heavy atom. The normalized spacial score (nSPS) is 15.4. The minimum atomic E-state index is 0.443. The number of aromatic nitrogens is 3. The van der Waals surface area contributed by atoms with E-state index in [1.165, 1.54) is 0 Å². The highest BCUT2D eigenvalue weighted by atomic mass is 35.5. The first-order valence-corrected chi connectivity index (χ1v) is 9.14. The van der Waals surface area contributed by atoms with Crippen molar-refractivity contribution in [1.82, 2.24) is 20.3 Å². The van der Waals surface area contributed by atoms with Gasteiger partial charge in [-0.15, -0.1) is 0 Å². The van der Waals surface area contributed by atoms with Gasteiger partial charge in [-0.3, -0.25) is 4.98 Å². The van der Waals surface area contributed by atoms with E-state index < -0.39 is 0 Å². The standard InChI is InChI=1S/C19H18Cl2N4/c20-15-2-1-14(11-16(15)21)18-17(12-3-7-22-8-4-12)24-19(25-18)13-5-9-23-10-6-13/h1-4,7-8,11,13,23H,5-6,9-10H2,(H,24,25). The van der Waals surface area contributed by atoms with Gasteiger partial charge in [0.1, 0.15) is 5.82 Å². The molecule has 25 heavy (non-hydrogen) atoms. The van der Waals surface area contributed by atoms with Crippen LogP contribution in [-0.2, 0) is 0 Å². The van der Waals surface area contributed by atoms with Crippen LogP contribution in [0.5, 0.6) is 0 Å². The molecule has 1 aliphatic rings. The zero-order valence-electron chi connectivity index (χ0n) is 13.6. The first kappa shape index (κ1) is 16.6. The third kappa shape index (κ3) is 3.43. The van der Waals surface area contributed by atoms with Crippen molar-refractivity contribution in [1.29, 1.82) is 0 Å². The number of hydrogen-bond acceptors (Lipinski definition) is 3. The molecular formula is C19H18Cl2N4. The number of imidazole rings is 1. The van der Waals surface area contributed by atoms with Crippen LogP contribution in [0.2, 0.25) is 10.0 Å². The Morgan fingerprint density at radius 1 is 0.920 bits per heavy atom. The predicted octanol–water partition coefficient (Wildman–Crippen LogP) is 4.91.